The van der Waals surface area contributed by atoms with Crippen LogP contribution in [0.15, 0.2) is 12.1 Å². The third-order valence-corrected chi connectivity index (χ3v) is 3.28. The summed E-state index contributed by atoms with van der Waals surface area (Å²) in [6.45, 7) is 5.43. The predicted octanol–water partition coefficient (Wildman–Crippen LogP) is 1.66. The summed E-state index contributed by atoms with van der Waals surface area (Å²) in [6, 6.07) is 3.49. The molecule has 1 rings (SSSR count). The van der Waals surface area contributed by atoms with E-state index in [1.54, 1.807) is 17.7 Å². The van der Waals surface area contributed by atoms with E-state index in [-0.39, 0.29) is 18.5 Å². The number of carboxylic acid groups (broad SMARTS) is 1. The molecule has 0 spiro atoms. The van der Waals surface area contributed by atoms with Gasteiger partial charge in [-0.2, -0.15) is 0 Å². The first kappa shape index (κ1) is 14.3. The summed E-state index contributed by atoms with van der Waals surface area (Å²) in [5.41, 5.74) is 1.49. The maximum absolute atomic E-state index is 12.4. The third-order valence-electron chi connectivity index (χ3n) is 3.28. The van der Waals surface area contributed by atoms with Gasteiger partial charge in [0.15, 0.2) is 0 Å². The van der Waals surface area contributed by atoms with Gasteiger partial charge in [0, 0.05) is 18.8 Å². The first-order valence-electron chi connectivity index (χ1n) is 6.03. The number of hydrogen-bond acceptors (Lipinski definition) is 2. The zero-order valence-electron chi connectivity index (χ0n) is 11.3. The molecule has 1 amide bonds. The van der Waals surface area contributed by atoms with Crippen molar-refractivity contribution in [3.63, 3.8) is 0 Å². The van der Waals surface area contributed by atoms with Crippen LogP contribution in [-0.4, -0.2) is 39.0 Å². The number of carbonyl (C=O) groups excluding carboxylic acids is 1. The smallest absolute Gasteiger partial charge is 0.323 e. The Bertz CT molecular complexity index is 451. The maximum atomic E-state index is 12.4. The number of carbonyl (C=O) groups is 2. The first-order valence-corrected chi connectivity index (χ1v) is 6.03. The van der Waals surface area contributed by atoms with Crippen LogP contribution in [0.4, 0.5) is 0 Å². The number of amides is 1. The fraction of sp³-hybridized carbons (Fsp3) is 0.538. The summed E-state index contributed by atoms with van der Waals surface area (Å²) in [5.74, 6) is -1.23. The van der Waals surface area contributed by atoms with Gasteiger partial charge in [0.05, 0.1) is 0 Å². The molecule has 18 heavy (non-hydrogen) atoms. The van der Waals surface area contributed by atoms with Gasteiger partial charge in [-0.15, -0.1) is 0 Å². The molecule has 0 aromatic carbocycles. The zero-order valence-corrected chi connectivity index (χ0v) is 11.3. The van der Waals surface area contributed by atoms with Crippen molar-refractivity contribution in [2.24, 2.45) is 7.05 Å². The van der Waals surface area contributed by atoms with Crippen molar-refractivity contribution in [1.29, 1.82) is 0 Å². The highest BCUT2D eigenvalue weighted by atomic mass is 16.4. The maximum Gasteiger partial charge on any atom is 0.323 e. The predicted molar refractivity (Wildman–Crippen MR) is 68.6 cm³/mol. The standard InChI is InChI=1S/C13H20N2O3/c1-5-9(2)15(8-12(16)17)13(18)11-7-6-10(3)14(11)4/h6-7,9H,5,8H2,1-4H3,(H,16,17). The lowest BCUT2D eigenvalue weighted by atomic mass is 10.2. The van der Waals surface area contributed by atoms with Crippen molar-refractivity contribution in [2.75, 3.05) is 6.54 Å². The number of rotatable bonds is 5. The number of aromatic nitrogens is 1. The Labute approximate surface area is 107 Å². The monoisotopic (exact) mass is 252 g/mol. The van der Waals surface area contributed by atoms with Gasteiger partial charge in [0.2, 0.25) is 0 Å². The number of aryl methyl sites for hydroxylation is 1. The molecule has 5 heteroatoms. The first-order chi connectivity index (χ1) is 8.38. The topological polar surface area (TPSA) is 62.5 Å². The molecule has 0 fully saturated rings. The van der Waals surface area contributed by atoms with Crippen LogP contribution >= 0.6 is 0 Å². The summed E-state index contributed by atoms with van der Waals surface area (Å²) in [4.78, 5) is 24.6. The van der Waals surface area contributed by atoms with E-state index in [4.69, 9.17) is 5.11 Å². The van der Waals surface area contributed by atoms with Gasteiger partial charge in [-0.05, 0) is 32.4 Å². The minimum atomic E-state index is -0.991. The van der Waals surface area contributed by atoms with E-state index in [2.05, 4.69) is 0 Å². The van der Waals surface area contributed by atoms with Crippen LogP contribution in [0.5, 0.6) is 0 Å². The molecule has 0 aliphatic carbocycles. The highest BCUT2D eigenvalue weighted by molar-refractivity contribution is 5.94. The summed E-state index contributed by atoms with van der Waals surface area (Å²) in [6.07, 6.45) is 0.725. The van der Waals surface area contributed by atoms with E-state index in [1.807, 2.05) is 26.8 Å². The lowest BCUT2D eigenvalue weighted by molar-refractivity contribution is -0.138. The van der Waals surface area contributed by atoms with E-state index in [0.717, 1.165) is 12.1 Å². The Morgan fingerprint density at radius 2 is 2.06 bits per heavy atom. The Morgan fingerprint density at radius 3 is 2.44 bits per heavy atom. The zero-order chi connectivity index (χ0) is 13.9. The van der Waals surface area contributed by atoms with E-state index in [0.29, 0.717) is 5.69 Å². The molecule has 0 bridgehead atoms. The molecule has 0 aliphatic heterocycles. The summed E-state index contributed by atoms with van der Waals surface area (Å²) < 4.78 is 1.78. The highest BCUT2D eigenvalue weighted by Gasteiger charge is 2.24. The van der Waals surface area contributed by atoms with Crippen molar-refractivity contribution in [3.8, 4) is 0 Å². The fourth-order valence-electron chi connectivity index (χ4n) is 1.77. The third kappa shape index (κ3) is 2.91. The summed E-state index contributed by atoms with van der Waals surface area (Å²) in [7, 11) is 1.80. The Hall–Kier alpha value is -1.78. The number of nitrogens with zero attached hydrogens (tertiary/aromatic N) is 2. The van der Waals surface area contributed by atoms with Crippen molar-refractivity contribution in [1.82, 2.24) is 9.47 Å². The van der Waals surface area contributed by atoms with Crippen LogP contribution in [0.2, 0.25) is 0 Å². The minimum Gasteiger partial charge on any atom is -0.480 e. The number of aliphatic carboxylic acids is 1. The number of carboxylic acids is 1. The molecule has 1 aromatic heterocycles. The SMILES string of the molecule is CCC(C)N(CC(=O)O)C(=O)c1ccc(C)n1C. The van der Waals surface area contributed by atoms with Crippen LogP contribution in [-0.2, 0) is 11.8 Å². The molecule has 1 unspecified atom stereocenters. The molecule has 0 saturated carbocycles. The van der Waals surface area contributed by atoms with Crippen molar-refractivity contribution < 1.29 is 14.7 Å². The fourth-order valence-corrected chi connectivity index (χ4v) is 1.77. The van der Waals surface area contributed by atoms with Gasteiger partial charge in [-0.25, -0.2) is 0 Å². The van der Waals surface area contributed by atoms with E-state index in [9.17, 15) is 9.59 Å². The molecule has 1 N–H and O–H groups in total. The lowest BCUT2D eigenvalue weighted by Crippen LogP contribution is -2.42. The van der Waals surface area contributed by atoms with Gasteiger partial charge in [-0.3, -0.25) is 9.59 Å². The Kier molecular flexibility index (Phi) is 4.53. The second-order valence-corrected chi connectivity index (χ2v) is 4.50. The van der Waals surface area contributed by atoms with Crippen LogP contribution in [0.3, 0.4) is 0 Å². The van der Waals surface area contributed by atoms with Gasteiger partial charge >= 0.3 is 5.97 Å². The quantitative estimate of drug-likeness (QED) is 0.866. The van der Waals surface area contributed by atoms with Gasteiger partial charge in [0.25, 0.3) is 5.91 Å². The Balaban J connectivity index is 3.02. The van der Waals surface area contributed by atoms with E-state index >= 15 is 0 Å². The second-order valence-electron chi connectivity index (χ2n) is 4.50. The largest absolute Gasteiger partial charge is 0.480 e. The van der Waals surface area contributed by atoms with Gasteiger partial charge in [0.1, 0.15) is 12.2 Å². The van der Waals surface area contributed by atoms with Crippen LogP contribution in [0, 0.1) is 6.92 Å². The molecule has 1 aromatic rings. The van der Waals surface area contributed by atoms with Gasteiger partial charge in [-0.1, -0.05) is 6.92 Å². The van der Waals surface area contributed by atoms with Crippen molar-refractivity contribution in [2.45, 2.75) is 33.2 Å². The highest BCUT2D eigenvalue weighted by Crippen LogP contribution is 2.13. The lowest BCUT2D eigenvalue weighted by Gasteiger charge is -2.27. The average molecular weight is 252 g/mol. The van der Waals surface area contributed by atoms with Crippen LogP contribution in [0.1, 0.15) is 36.5 Å². The van der Waals surface area contributed by atoms with Crippen molar-refractivity contribution in [3.05, 3.63) is 23.5 Å². The van der Waals surface area contributed by atoms with Crippen LogP contribution < -0.4 is 0 Å². The normalized spacial score (nSPS) is 12.2. The molecule has 100 valence electrons. The summed E-state index contributed by atoms with van der Waals surface area (Å²) >= 11 is 0. The molecular weight excluding hydrogens is 232 g/mol. The summed E-state index contributed by atoms with van der Waals surface area (Å²) in [5, 5.41) is 8.90. The Morgan fingerprint density at radius 1 is 1.44 bits per heavy atom. The number of hydrogen-bond donors (Lipinski definition) is 1. The molecule has 1 atom stereocenters. The van der Waals surface area contributed by atoms with Crippen LogP contribution in [0.25, 0.3) is 0 Å². The minimum absolute atomic E-state index is 0.0937. The van der Waals surface area contributed by atoms with E-state index < -0.39 is 5.97 Å². The van der Waals surface area contributed by atoms with Gasteiger partial charge < -0.3 is 14.6 Å². The molecular formula is C13H20N2O3. The molecule has 1 heterocycles. The van der Waals surface area contributed by atoms with E-state index in [1.165, 1.54) is 4.90 Å². The molecule has 0 saturated heterocycles. The molecule has 5 nitrogen and oxygen atoms in total. The molecule has 0 aliphatic rings. The van der Waals surface area contributed by atoms with Crippen molar-refractivity contribution >= 4 is 11.9 Å². The average Bonchev–Trinajstić information content (AvgIpc) is 2.65. The second kappa shape index (κ2) is 5.71. The molecule has 0 radical (unpaired) electrons.